The first kappa shape index (κ1) is 34.3. The lowest BCUT2D eigenvalue weighted by molar-refractivity contribution is -0.155. The highest BCUT2D eigenvalue weighted by Gasteiger charge is 2.32. The fourth-order valence-corrected chi connectivity index (χ4v) is 5.91. The first-order valence-electron chi connectivity index (χ1n) is 16.5. The normalized spacial score (nSPS) is 15.3. The van der Waals surface area contributed by atoms with Gasteiger partial charge < -0.3 is 29.9 Å². The van der Waals surface area contributed by atoms with Gasteiger partial charge in [-0.3, -0.25) is 14.4 Å². The SMILES string of the molecule is CCOC(=O)N1CCN(C(=O)C(CCC(=O)OC(C)(C)C)NC(=O)c2cc(NC3Cc4ccccc4C3)nc(-c3ccccc3)n2)CC1. The van der Waals surface area contributed by atoms with Crippen LogP contribution in [0.2, 0.25) is 0 Å². The number of amides is 3. The van der Waals surface area contributed by atoms with Gasteiger partial charge in [0.2, 0.25) is 5.91 Å². The van der Waals surface area contributed by atoms with Gasteiger partial charge in [0.15, 0.2) is 5.82 Å². The number of rotatable bonds is 10. The number of fused-ring (bicyclic) bond motifs is 1. The van der Waals surface area contributed by atoms with Gasteiger partial charge in [-0.2, -0.15) is 0 Å². The number of anilines is 1. The number of carbonyl (C=O) groups excluding carboxylic acids is 4. The molecule has 0 spiro atoms. The van der Waals surface area contributed by atoms with Crippen LogP contribution in [0.4, 0.5) is 10.6 Å². The van der Waals surface area contributed by atoms with E-state index < -0.39 is 29.6 Å². The van der Waals surface area contributed by atoms with E-state index in [0.29, 0.717) is 24.7 Å². The number of hydrogen-bond acceptors (Lipinski definition) is 9. The number of nitrogens with zero attached hydrogens (tertiary/aromatic N) is 4. The number of ether oxygens (including phenoxy) is 2. The molecule has 254 valence electrons. The molecule has 2 N–H and O–H groups in total. The van der Waals surface area contributed by atoms with Crippen molar-refractivity contribution in [3.63, 3.8) is 0 Å². The maximum Gasteiger partial charge on any atom is 0.409 e. The zero-order valence-electron chi connectivity index (χ0n) is 28.0. The molecule has 0 saturated carbocycles. The molecule has 1 aromatic heterocycles. The molecule has 0 radical (unpaired) electrons. The van der Waals surface area contributed by atoms with Crippen LogP contribution in [0.15, 0.2) is 60.7 Å². The van der Waals surface area contributed by atoms with Crippen LogP contribution >= 0.6 is 0 Å². The van der Waals surface area contributed by atoms with Gasteiger partial charge in [-0.1, -0.05) is 54.6 Å². The smallest absolute Gasteiger partial charge is 0.409 e. The van der Waals surface area contributed by atoms with E-state index in [1.54, 1.807) is 43.6 Å². The zero-order chi connectivity index (χ0) is 34.3. The van der Waals surface area contributed by atoms with Crippen molar-refractivity contribution in [2.24, 2.45) is 0 Å². The maximum absolute atomic E-state index is 13.9. The van der Waals surface area contributed by atoms with E-state index >= 15 is 0 Å². The fraction of sp³-hybridized carbons (Fsp3) is 0.444. The van der Waals surface area contributed by atoms with E-state index in [2.05, 4.69) is 27.8 Å². The van der Waals surface area contributed by atoms with Crippen LogP contribution in [0.3, 0.4) is 0 Å². The summed E-state index contributed by atoms with van der Waals surface area (Å²) in [5, 5.41) is 6.35. The van der Waals surface area contributed by atoms with E-state index in [-0.39, 0.29) is 50.2 Å². The molecule has 1 unspecified atom stereocenters. The largest absolute Gasteiger partial charge is 0.460 e. The summed E-state index contributed by atoms with van der Waals surface area (Å²) in [6.45, 7) is 8.43. The molecule has 1 saturated heterocycles. The Balaban J connectivity index is 1.36. The summed E-state index contributed by atoms with van der Waals surface area (Å²) in [7, 11) is 0. The van der Waals surface area contributed by atoms with Crippen LogP contribution < -0.4 is 10.6 Å². The van der Waals surface area contributed by atoms with Crippen molar-refractivity contribution in [1.29, 1.82) is 0 Å². The average Bonchev–Trinajstić information content (AvgIpc) is 3.48. The highest BCUT2D eigenvalue weighted by molar-refractivity contribution is 5.97. The van der Waals surface area contributed by atoms with Crippen molar-refractivity contribution in [1.82, 2.24) is 25.1 Å². The van der Waals surface area contributed by atoms with E-state index in [4.69, 9.17) is 14.5 Å². The first-order valence-corrected chi connectivity index (χ1v) is 16.5. The van der Waals surface area contributed by atoms with Crippen LogP contribution in [0.1, 0.15) is 62.2 Å². The second kappa shape index (κ2) is 15.3. The molecule has 3 aromatic rings. The third-order valence-corrected chi connectivity index (χ3v) is 8.17. The van der Waals surface area contributed by atoms with Crippen molar-refractivity contribution < 1.29 is 28.7 Å². The number of esters is 1. The van der Waals surface area contributed by atoms with Crippen molar-refractivity contribution in [3.05, 3.63) is 77.5 Å². The molecule has 12 heteroatoms. The van der Waals surface area contributed by atoms with E-state index in [1.807, 2.05) is 42.5 Å². The molecule has 12 nitrogen and oxygen atoms in total. The molecule has 1 atom stereocenters. The number of piperazine rings is 1. The summed E-state index contributed by atoms with van der Waals surface area (Å²) in [5.74, 6) is -0.527. The Labute approximate surface area is 281 Å². The molecule has 1 aliphatic heterocycles. The summed E-state index contributed by atoms with van der Waals surface area (Å²) >= 11 is 0. The number of carbonyl (C=O) groups is 4. The van der Waals surface area contributed by atoms with Crippen LogP contribution in [-0.4, -0.2) is 94.1 Å². The lowest BCUT2D eigenvalue weighted by atomic mass is 10.1. The molecule has 3 amide bonds. The van der Waals surface area contributed by atoms with Gasteiger partial charge in [-0.15, -0.1) is 0 Å². The van der Waals surface area contributed by atoms with E-state index in [1.165, 1.54) is 11.1 Å². The predicted octanol–water partition coefficient (Wildman–Crippen LogP) is 4.24. The Morgan fingerprint density at radius 3 is 2.15 bits per heavy atom. The van der Waals surface area contributed by atoms with Gasteiger partial charge >= 0.3 is 12.1 Å². The summed E-state index contributed by atoms with van der Waals surface area (Å²) in [5.41, 5.74) is 2.69. The van der Waals surface area contributed by atoms with Crippen LogP contribution in [-0.2, 0) is 31.9 Å². The molecule has 1 aliphatic carbocycles. The van der Waals surface area contributed by atoms with Crippen LogP contribution in [0.5, 0.6) is 0 Å². The Morgan fingerprint density at radius 1 is 0.896 bits per heavy atom. The van der Waals surface area contributed by atoms with Gasteiger partial charge in [-0.25, -0.2) is 14.8 Å². The molecule has 2 aliphatic rings. The number of hydrogen-bond donors (Lipinski definition) is 2. The van der Waals surface area contributed by atoms with Crippen molar-refractivity contribution >= 4 is 29.7 Å². The topological polar surface area (TPSA) is 143 Å². The van der Waals surface area contributed by atoms with Crippen molar-refractivity contribution in [2.75, 3.05) is 38.1 Å². The van der Waals surface area contributed by atoms with Crippen molar-refractivity contribution in [3.8, 4) is 11.4 Å². The van der Waals surface area contributed by atoms with Gasteiger partial charge in [0.25, 0.3) is 5.91 Å². The van der Waals surface area contributed by atoms with Crippen LogP contribution in [0, 0.1) is 0 Å². The molecule has 5 rings (SSSR count). The molecular weight excluding hydrogens is 612 g/mol. The molecule has 1 fully saturated rings. The minimum Gasteiger partial charge on any atom is -0.460 e. The molecule has 2 heterocycles. The standard InChI is InChI=1S/C36H44N6O6/c1-5-47-35(46)42-19-17-41(18-20-42)34(45)28(15-16-31(43)48-36(2,3)4)39-33(44)29-23-30(40-32(38-29)24-11-7-6-8-12-24)37-27-21-25-13-9-10-14-26(25)22-27/h6-14,23,27-28H,5,15-22H2,1-4H3,(H,39,44)(H,37,38,40). The van der Waals surface area contributed by atoms with Gasteiger partial charge in [0, 0.05) is 50.3 Å². The number of benzene rings is 2. The Bertz CT molecular complexity index is 1590. The Morgan fingerprint density at radius 2 is 1.52 bits per heavy atom. The minimum absolute atomic E-state index is 0.0274. The van der Waals surface area contributed by atoms with Crippen molar-refractivity contribution in [2.45, 2.75) is 71.1 Å². The Hall–Kier alpha value is -5.00. The van der Waals surface area contributed by atoms with Crippen LogP contribution in [0.25, 0.3) is 11.4 Å². The molecular formula is C36H44N6O6. The fourth-order valence-electron chi connectivity index (χ4n) is 5.91. The third-order valence-electron chi connectivity index (χ3n) is 8.17. The average molecular weight is 657 g/mol. The van der Waals surface area contributed by atoms with Gasteiger partial charge in [0.1, 0.15) is 23.2 Å². The number of nitrogens with one attached hydrogen (secondary N) is 2. The number of aromatic nitrogens is 2. The maximum atomic E-state index is 13.9. The Kier molecular flexibility index (Phi) is 10.9. The predicted molar refractivity (Wildman–Crippen MR) is 180 cm³/mol. The second-order valence-electron chi connectivity index (χ2n) is 13.0. The van der Waals surface area contributed by atoms with Gasteiger partial charge in [0.05, 0.1) is 6.61 Å². The highest BCUT2D eigenvalue weighted by Crippen LogP contribution is 2.25. The molecule has 0 bridgehead atoms. The monoisotopic (exact) mass is 656 g/mol. The third kappa shape index (κ3) is 9.08. The first-order chi connectivity index (χ1) is 23.0. The second-order valence-corrected chi connectivity index (χ2v) is 13.0. The zero-order valence-corrected chi connectivity index (χ0v) is 28.0. The summed E-state index contributed by atoms with van der Waals surface area (Å²) in [6.07, 6.45) is 1.17. The quantitative estimate of drug-likeness (QED) is 0.306. The van der Waals surface area contributed by atoms with E-state index in [0.717, 1.165) is 18.4 Å². The minimum atomic E-state index is -1.03. The molecule has 2 aromatic carbocycles. The summed E-state index contributed by atoms with van der Waals surface area (Å²) in [6, 6.07) is 18.3. The van der Waals surface area contributed by atoms with E-state index in [9.17, 15) is 19.2 Å². The summed E-state index contributed by atoms with van der Waals surface area (Å²) in [4.78, 5) is 65.1. The molecule has 48 heavy (non-hydrogen) atoms. The highest BCUT2D eigenvalue weighted by atomic mass is 16.6. The summed E-state index contributed by atoms with van der Waals surface area (Å²) < 4.78 is 10.6. The lowest BCUT2D eigenvalue weighted by Crippen LogP contribution is -2.56. The van der Waals surface area contributed by atoms with Gasteiger partial charge in [-0.05, 0) is 58.1 Å². The lowest BCUT2D eigenvalue weighted by Gasteiger charge is -2.36.